The third kappa shape index (κ3) is 8.92. The Morgan fingerprint density at radius 3 is 2.04 bits per heavy atom. The molecule has 0 atom stereocenters. The topological polar surface area (TPSA) is 0 Å². The summed E-state index contributed by atoms with van der Waals surface area (Å²) >= 11 is 0. The van der Waals surface area contributed by atoms with E-state index in [9.17, 15) is 0 Å². The Hall–Kier alpha value is -0.660. The van der Waals surface area contributed by atoms with Crippen molar-refractivity contribution in [3.05, 3.63) is 84.4 Å². The summed E-state index contributed by atoms with van der Waals surface area (Å²) in [6.45, 7) is 6.64. The Morgan fingerprint density at radius 1 is 0.815 bits per heavy atom. The third-order valence-corrected chi connectivity index (χ3v) is 3.84. The average molecular weight is 494 g/mol. The molecule has 4 heteroatoms. The maximum atomic E-state index is 2.24. The third-order valence-electron chi connectivity index (χ3n) is 3.84. The molecular weight excluding hydrogens is 466 g/mol. The fourth-order valence-electron chi connectivity index (χ4n) is 2.77. The van der Waals surface area contributed by atoms with Gasteiger partial charge < -0.3 is 24.8 Å². The smallest absolute Gasteiger partial charge is 1.00 e. The number of benzene rings is 2. The zero-order chi connectivity index (χ0) is 17.2. The van der Waals surface area contributed by atoms with Gasteiger partial charge in [-0.25, -0.2) is 0 Å². The zero-order valence-corrected chi connectivity index (χ0v) is 21.4. The quantitative estimate of drug-likeness (QED) is 0.283. The fourth-order valence-corrected chi connectivity index (χ4v) is 2.77. The van der Waals surface area contributed by atoms with Crippen LogP contribution in [0.1, 0.15) is 18.9 Å². The van der Waals surface area contributed by atoms with Crippen LogP contribution in [0.5, 0.6) is 0 Å². The molecule has 0 saturated carbocycles. The fraction of sp³-hybridized carbons (Fsp3) is 0.217. The van der Waals surface area contributed by atoms with Gasteiger partial charge in [0.25, 0.3) is 0 Å². The van der Waals surface area contributed by atoms with Crippen LogP contribution in [0.2, 0.25) is 13.1 Å². The second-order valence-corrected chi connectivity index (χ2v) is 7.08. The van der Waals surface area contributed by atoms with Crippen LogP contribution in [0.15, 0.2) is 78.9 Å². The minimum atomic E-state index is 0. The molecule has 4 aromatic carbocycles. The molecular formula is C23H27Cl2SiZr. The summed E-state index contributed by atoms with van der Waals surface area (Å²) in [7, 11) is 0.750. The number of hydrogen-bond donors (Lipinski definition) is 0. The minimum absolute atomic E-state index is 0. The van der Waals surface area contributed by atoms with Crippen LogP contribution in [-0.4, -0.2) is 9.52 Å². The Kier molecular flexibility index (Phi) is 17.2. The second-order valence-electron chi connectivity index (χ2n) is 5.93. The van der Waals surface area contributed by atoms with Gasteiger partial charge in [0, 0.05) is 9.52 Å². The van der Waals surface area contributed by atoms with Crippen molar-refractivity contribution in [3.63, 3.8) is 0 Å². The first-order valence-electron chi connectivity index (χ1n) is 8.77. The summed E-state index contributed by atoms with van der Waals surface area (Å²) in [6.07, 6.45) is 2.43. The predicted molar refractivity (Wildman–Crippen MR) is 112 cm³/mol. The van der Waals surface area contributed by atoms with Gasteiger partial charge in [-0.2, -0.15) is 23.1 Å². The van der Waals surface area contributed by atoms with Gasteiger partial charge in [-0.1, -0.05) is 45.0 Å². The molecule has 0 aliphatic rings. The van der Waals surface area contributed by atoms with Crippen molar-refractivity contribution in [2.75, 3.05) is 0 Å². The van der Waals surface area contributed by atoms with E-state index in [2.05, 4.69) is 98.9 Å². The number of hydrogen-bond acceptors (Lipinski definition) is 0. The Bertz CT molecular complexity index is 821. The van der Waals surface area contributed by atoms with E-state index in [1.165, 1.54) is 39.9 Å². The van der Waals surface area contributed by atoms with E-state index in [1.807, 2.05) is 0 Å². The summed E-state index contributed by atoms with van der Waals surface area (Å²) in [5.41, 5.74) is 1.49. The van der Waals surface area contributed by atoms with E-state index in [0.29, 0.717) is 0 Å². The van der Waals surface area contributed by atoms with E-state index >= 15 is 0 Å². The van der Waals surface area contributed by atoms with Gasteiger partial charge in [0.15, 0.2) is 0 Å². The van der Waals surface area contributed by atoms with Gasteiger partial charge >= 0.3 is 26.2 Å². The maximum absolute atomic E-state index is 2.24. The van der Waals surface area contributed by atoms with Gasteiger partial charge in [0.05, 0.1) is 0 Å². The molecule has 0 aliphatic heterocycles. The average Bonchev–Trinajstić information content (AvgIpc) is 3.24. The summed E-state index contributed by atoms with van der Waals surface area (Å²) in [5.74, 6) is 0. The molecule has 0 spiro atoms. The van der Waals surface area contributed by atoms with E-state index in [0.717, 1.165) is 9.52 Å². The molecule has 141 valence electrons. The van der Waals surface area contributed by atoms with E-state index in [-0.39, 0.29) is 51.0 Å². The van der Waals surface area contributed by atoms with Crippen LogP contribution >= 0.6 is 0 Å². The van der Waals surface area contributed by atoms with Crippen LogP contribution in [0.3, 0.4) is 0 Å². The van der Waals surface area contributed by atoms with Crippen molar-refractivity contribution in [3.8, 4) is 0 Å². The SMILES string of the molecule is CCCc1c[cH-]c2ccccc12.C[SiH]C.[Cl-].[Cl-].[Zr+4].c1ccc2[cH-]ccc2c1. The molecule has 4 aromatic rings. The Balaban J connectivity index is 0. The molecule has 0 nitrogen and oxygen atoms in total. The first-order chi connectivity index (χ1) is 11.8. The van der Waals surface area contributed by atoms with Gasteiger partial charge in [-0.15, -0.1) is 70.8 Å². The summed E-state index contributed by atoms with van der Waals surface area (Å²) in [4.78, 5) is 0. The first kappa shape index (κ1) is 28.5. The molecule has 0 N–H and O–H groups in total. The van der Waals surface area contributed by atoms with Crippen molar-refractivity contribution in [2.24, 2.45) is 0 Å². The predicted octanol–water partition coefficient (Wildman–Crippen LogP) is 0.595. The zero-order valence-electron chi connectivity index (χ0n) is 16.3. The van der Waals surface area contributed by atoms with Crippen molar-refractivity contribution < 1.29 is 51.0 Å². The van der Waals surface area contributed by atoms with Crippen LogP contribution in [0, 0.1) is 0 Å². The maximum Gasteiger partial charge on any atom is 4.00 e. The number of rotatable bonds is 2. The Labute approximate surface area is 198 Å². The summed E-state index contributed by atoms with van der Waals surface area (Å²) < 4.78 is 0. The van der Waals surface area contributed by atoms with Crippen LogP contribution in [0.25, 0.3) is 21.5 Å². The number of aryl methyl sites for hydroxylation is 1. The second kappa shape index (κ2) is 16.3. The Morgan fingerprint density at radius 2 is 1.41 bits per heavy atom. The van der Waals surface area contributed by atoms with E-state index in [4.69, 9.17) is 0 Å². The van der Waals surface area contributed by atoms with Crippen LogP contribution in [-0.2, 0) is 32.6 Å². The van der Waals surface area contributed by atoms with Crippen molar-refractivity contribution in [1.82, 2.24) is 0 Å². The largest absolute Gasteiger partial charge is 4.00 e. The molecule has 0 saturated heterocycles. The first-order valence-corrected chi connectivity index (χ1v) is 11.1. The van der Waals surface area contributed by atoms with E-state index < -0.39 is 0 Å². The molecule has 0 bridgehead atoms. The molecule has 0 amide bonds. The summed E-state index contributed by atoms with van der Waals surface area (Å²) in [5, 5.41) is 5.47. The van der Waals surface area contributed by atoms with Crippen LogP contribution < -0.4 is 24.8 Å². The molecule has 27 heavy (non-hydrogen) atoms. The van der Waals surface area contributed by atoms with Gasteiger partial charge in [-0.05, 0) is 0 Å². The standard InChI is InChI=1S/C12H13.C9H7.C2H7Si.2ClH.Zr/c1-2-5-10-8-9-11-6-3-4-7-12(10)11;1-2-5-9-7-3-6-8(9)4-1;1-3-2;;;/h3-4,6-9H,2,5H2,1H3;1-7H;3H,1-2H3;2*1H;/q2*-1;;;;+4/p-2. The van der Waals surface area contributed by atoms with Gasteiger partial charge in [0.1, 0.15) is 0 Å². The molecule has 4 rings (SSSR count). The minimum Gasteiger partial charge on any atom is -1.00 e. The van der Waals surface area contributed by atoms with E-state index in [1.54, 1.807) is 0 Å². The monoisotopic (exact) mass is 491 g/mol. The number of halogens is 2. The molecule has 0 aliphatic carbocycles. The molecule has 1 radical (unpaired) electrons. The van der Waals surface area contributed by atoms with Crippen LogP contribution in [0.4, 0.5) is 0 Å². The molecule has 0 aromatic heterocycles. The summed E-state index contributed by atoms with van der Waals surface area (Å²) in [6, 6.07) is 27.7. The van der Waals surface area contributed by atoms with Gasteiger partial charge in [0.2, 0.25) is 0 Å². The normalized spacial score (nSPS) is 8.85. The van der Waals surface area contributed by atoms with Crippen molar-refractivity contribution in [2.45, 2.75) is 32.9 Å². The number of fused-ring (bicyclic) bond motifs is 2. The molecule has 0 heterocycles. The van der Waals surface area contributed by atoms with Crippen molar-refractivity contribution in [1.29, 1.82) is 0 Å². The van der Waals surface area contributed by atoms with Crippen molar-refractivity contribution >= 4 is 31.1 Å². The molecule has 0 unspecified atom stereocenters. The van der Waals surface area contributed by atoms with Gasteiger partial charge in [-0.3, -0.25) is 0 Å². The molecule has 0 fully saturated rings.